The molecule has 36 heavy (non-hydrogen) atoms. The quantitative estimate of drug-likeness (QED) is 0.245. The molecule has 4 rings (SSSR count). The number of benzene rings is 3. The van der Waals surface area contributed by atoms with E-state index in [2.05, 4.69) is 14.1 Å². The van der Waals surface area contributed by atoms with Crippen molar-refractivity contribution < 1.29 is 13.6 Å². The molecule has 186 valence electrons. The summed E-state index contributed by atoms with van der Waals surface area (Å²) in [6.45, 7) is 0.239. The van der Waals surface area contributed by atoms with Crippen LogP contribution in [0.4, 0.5) is 11.5 Å². The number of hydrogen-bond donors (Lipinski definition) is 1. The molecule has 1 unspecified atom stereocenters. The molecule has 1 atom stereocenters. The molecule has 4 aromatic rings. The monoisotopic (exact) mass is 579 g/mol. The fourth-order valence-electron chi connectivity index (χ4n) is 3.55. The lowest BCUT2D eigenvalue weighted by Crippen LogP contribution is -2.30. The molecule has 7 nitrogen and oxygen atoms in total. The second kappa shape index (κ2) is 12.1. The molecule has 0 fully saturated rings. The number of halogens is 3. The van der Waals surface area contributed by atoms with Gasteiger partial charge in [-0.2, -0.15) is 8.75 Å². The van der Waals surface area contributed by atoms with Crippen LogP contribution in [-0.2, 0) is 24.1 Å². The van der Waals surface area contributed by atoms with Crippen molar-refractivity contribution in [2.24, 2.45) is 0 Å². The maximum atomic E-state index is 13.2. The van der Waals surface area contributed by atoms with Crippen LogP contribution in [0.25, 0.3) is 0 Å². The first kappa shape index (κ1) is 26.5. The van der Waals surface area contributed by atoms with E-state index in [9.17, 15) is 13.6 Å². The van der Waals surface area contributed by atoms with Crippen LogP contribution in [-0.4, -0.2) is 30.0 Å². The Bertz CT molecular complexity index is 1400. The highest BCUT2D eigenvalue weighted by molar-refractivity contribution is 7.81. The third-order valence-corrected chi connectivity index (χ3v) is 7.35. The molecule has 0 spiro atoms. The second-order valence-corrected chi connectivity index (χ2v) is 10.2. The first-order valence-corrected chi connectivity index (χ1v) is 13.5. The molecule has 3 aromatic carbocycles. The number of hydrogen-bond acceptors (Lipinski definition) is 6. The van der Waals surface area contributed by atoms with Crippen molar-refractivity contribution in [3.63, 3.8) is 0 Å². The van der Waals surface area contributed by atoms with Crippen molar-refractivity contribution in [3.8, 4) is 0 Å². The molecule has 0 bridgehead atoms. The minimum Gasteiger partial charge on any atom is -0.755 e. The van der Waals surface area contributed by atoms with Crippen LogP contribution in [0, 0.1) is 0 Å². The van der Waals surface area contributed by atoms with Crippen molar-refractivity contribution in [1.82, 2.24) is 14.1 Å². The topological polar surface area (TPSA) is 98.2 Å². The summed E-state index contributed by atoms with van der Waals surface area (Å²) in [5.74, 6) is -0.426. The number of carbonyl (C=O) groups is 1. The number of nitrogens with zero attached hydrogens (tertiary/aromatic N) is 3. The molecule has 1 amide bonds. The van der Waals surface area contributed by atoms with Gasteiger partial charge in [-0.15, -0.1) is 0 Å². The van der Waals surface area contributed by atoms with E-state index in [4.69, 9.17) is 34.8 Å². The molecular weight excluding hydrogens is 563 g/mol. The van der Waals surface area contributed by atoms with Gasteiger partial charge in [-0.05, 0) is 41.8 Å². The van der Waals surface area contributed by atoms with Gasteiger partial charge in [0.25, 0.3) is 5.91 Å². The summed E-state index contributed by atoms with van der Waals surface area (Å²) in [5.41, 5.74) is 2.28. The molecule has 0 saturated heterocycles. The number of nitrogens with one attached hydrogen (secondary N) is 1. The van der Waals surface area contributed by atoms with Crippen molar-refractivity contribution in [3.05, 3.63) is 104 Å². The number of rotatable bonds is 9. The summed E-state index contributed by atoms with van der Waals surface area (Å²) in [5, 5.41) is 3.89. The minimum atomic E-state index is -2.81. The van der Waals surface area contributed by atoms with Crippen molar-refractivity contribution in [2.75, 3.05) is 10.8 Å². The Hall–Kier alpha value is -2.53. The number of amides is 1. The van der Waals surface area contributed by atoms with Crippen LogP contribution >= 0.6 is 46.5 Å². The van der Waals surface area contributed by atoms with Gasteiger partial charge in [0.1, 0.15) is 5.69 Å². The van der Waals surface area contributed by atoms with Gasteiger partial charge in [-0.25, -0.2) is 0 Å². The third kappa shape index (κ3) is 6.23. The maximum Gasteiger partial charge on any atom is 0.254 e. The van der Waals surface area contributed by atoms with Crippen molar-refractivity contribution >= 4 is 75.2 Å². The van der Waals surface area contributed by atoms with E-state index in [1.54, 1.807) is 24.3 Å². The lowest BCUT2D eigenvalue weighted by atomic mass is 10.1. The summed E-state index contributed by atoms with van der Waals surface area (Å²) in [7, 11) is 0. The highest BCUT2D eigenvalue weighted by Gasteiger charge is 2.26. The van der Waals surface area contributed by atoms with E-state index in [0.717, 1.165) is 27.2 Å². The van der Waals surface area contributed by atoms with Gasteiger partial charge in [-0.1, -0.05) is 77.3 Å². The molecule has 1 N–H and O–H groups in total. The Balaban J connectivity index is 1.61. The van der Waals surface area contributed by atoms with Crippen molar-refractivity contribution in [2.45, 2.75) is 12.8 Å². The molecule has 0 aliphatic rings. The fraction of sp³-hybridized carbons (Fsp3) is 0.125. The lowest BCUT2D eigenvalue weighted by molar-refractivity contribution is 0.0955. The molecule has 0 radical (unpaired) electrons. The molecule has 0 aliphatic heterocycles. The van der Waals surface area contributed by atoms with E-state index in [1.807, 2.05) is 30.3 Å². The summed E-state index contributed by atoms with van der Waals surface area (Å²) in [4.78, 5) is 13.2. The Morgan fingerprint density at radius 2 is 1.78 bits per heavy atom. The summed E-state index contributed by atoms with van der Waals surface area (Å²) in [6, 6.07) is 19.2. The Morgan fingerprint density at radius 1 is 1.00 bits per heavy atom. The van der Waals surface area contributed by atoms with Gasteiger partial charge in [0.15, 0.2) is 5.82 Å². The van der Waals surface area contributed by atoms with Crippen LogP contribution in [0.15, 0.2) is 66.7 Å². The highest BCUT2D eigenvalue weighted by Crippen LogP contribution is 2.35. The van der Waals surface area contributed by atoms with Crippen LogP contribution in [0.1, 0.15) is 27.2 Å². The van der Waals surface area contributed by atoms with E-state index >= 15 is 0 Å². The maximum absolute atomic E-state index is 13.2. The Kier molecular flexibility index (Phi) is 8.95. The summed E-state index contributed by atoms with van der Waals surface area (Å²) < 4.78 is 34.3. The normalized spacial score (nSPS) is 11.8. The van der Waals surface area contributed by atoms with E-state index < -0.39 is 17.2 Å². The molecule has 1 heterocycles. The fourth-order valence-corrected chi connectivity index (χ4v) is 5.51. The lowest BCUT2D eigenvalue weighted by Gasteiger charge is -2.27. The molecule has 12 heteroatoms. The van der Waals surface area contributed by atoms with E-state index in [-0.39, 0.29) is 28.6 Å². The summed E-state index contributed by atoms with van der Waals surface area (Å²) in [6.07, 6.45) is 0.806. The van der Waals surface area contributed by atoms with Gasteiger partial charge in [0, 0.05) is 23.0 Å². The SMILES string of the molecule is O=C(NCCc1ccc(Cl)cc1Cl)c1c(Cl)cccc1N(c1nsnc1Cc1ccccc1)S(=O)[O-]. The standard InChI is InChI=1S/C24H19Cl3N4O3S2/c25-17-10-9-16(19(27)14-17)11-12-28-24(32)22-18(26)7-4-8-21(22)31(36(33)34)23-20(29-35-30-23)13-15-5-2-1-3-6-15/h1-10,14H,11-13H2,(H,28,32)(H,33,34)/p-1. The van der Waals surface area contributed by atoms with Gasteiger partial charge in [-0.3, -0.25) is 13.3 Å². The van der Waals surface area contributed by atoms with E-state index in [0.29, 0.717) is 28.6 Å². The molecule has 0 aliphatic carbocycles. The zero-order chi connectivity index (χ0) is 25.7. The smallest absolute Gasteiger partial charge is 0.254 e. The number of anilines is 2. The van der Waals surface area contributed by atoms with Gasteiger partial charge < -0.3 is 9.87 Å². The first-order chi connectivity index (χ1) is 17.3. The van der Waals surface area contributed by atoms with Crippen LogP contribution in [0.2, 0.25) is 15.1 Å². The van der Waals surface area contributed by atoms with Crippen LogP contribution < -0.4 is 9.62 Å². The predicted octanol–water partition coefficient (Wildman–Crippen LogP) is 5.99. The molecule has 0 saturated carbocycles. The zero-order valence-electron chi connectivity index (χ0n) is 18.5. The summed E-state index contributed by atoms with van der Waals surface area (Å²) >= 11 is 16.6. The van der Waals surface area contributed by atoms with Crippen molar-refractivity contribution in [1.29, 1.82) is 0 Å². The van der Waals surface area contributed by atoms with Gasteiger partial charge in [0.05, 0.1) is 39.3 Å². The molecular formula is C24H18Cl3N4O3S2-. The second-order valence-electron chi connectivity index (χ2n) is 7.58. The zero-order valence-corrected chi connectivity index (χ0v) is 22.4. The Morgan fingerprint density at radius 3 is 2.50 bits per heavy atom. The third-order valence-electron chi connectivity index (χ3n) is 5.22. The average molecular weight is 581 g/mol. The predicted molar refractivity (Wildman–Crippen MR) is 144 cm³/mol. The van der Waals surface area contributed by atoms with Gasteiger partial charge in [0.2, 0.25) is 0 Å². The molecule has 1 aromatic heterocycles. The van der Waals surface area contributed by atoms with Crippen LogP contribution in [0.3, 0.4) is 0 Å². The minimum absolute atomic E-state index is 0.00392. The number of carbonyl (C=O) groups excluding carboxylic acids is 1. The highest BCUT2D eigenvalue weighted by atomic mass is 35.5. The average Bonchev–Trinajstić information content (AvgIpc) is 3.28. The number of aromatic nitrogens is 2. The largest absolute Gasteiger partial charge is 0.755 e. The first-order valence-electron chi connectivity index (χ1n) is 10.6. The van der Waals surface area contributed by atoms with E-state index in [1.165, 1.54) is 12.1 Å². The van der Waals surface area contributed by atoms with Gasteiger partial charge >= 0.3 is 0 Å². The Labute approximate surface area is 229 Å². The van der Waals surface area contributed by atoms with Crippen LogP contribution in [0.5, 0.6) is 0 Å².